The smallest absolute Gasteiger partial charge is 0.0977 e. The first-order valence-electron chi connectivity index (χ1n) is 4.21. The van der Waals surface area contributed by atoms with Gasteiger partial charge in [0.2, 0.25) is 0 Å². The molecule has 0 aromatic rings. The van der Waals surface area contributed by atoms with Gasteiger partial charge in [-0.1, -0.05) is 32.3 Å². The molecule has 0 fully saturated rings. The highest BCUT2D eigenvalue weighted by molar-refractivity contribution is 4.83. The monoisotopic (exact) mass is 158 g/mol. The third kappa shape index (κ3) is 4.99. The normalized spacial score (nSPS) is 15.9. The van der Waals surface area contributed by atoms with Gasteiger partial charge in [0.05, 0.1) is 12.2 Å². The minimum absolute atomic E-state index is 0.626. The van der Waals surface area contributed by atoms with Crippen molar-refractivity contribution in [2.24, 2.45) is 0 Å². The quantitative estimate of drug-likeness (QED) is 0.454. The summed E-state index contributed by atoms with van der Waals surface area (Å²) in [6, 6.07) is 0. The van der Waals surface area contributed by atoms with E-state index in [1.54, 1.807) is 0 Å². The lowest BCUT2D eigenvalue weighted by Gasteiger charge is -2.13. The maximum absolute atomic E-state index is 9.22. The molecule has 0 aromatic carbocycles. The minimum atomic E-state index is -0.758. The Morgan fingerprint density at radius 1 is 1.36 bits per heavy atom. The molecule has 0 aliphatic carbocycles. The number of hydrogen-bond donors (Lipinski definition) is 2. The van der Waals surface area contributed by atoms with Crippen molar-refractivity contribution in [1.82, 2.24) is 0 Å². The molecule has 0 saturated heterocycles. The Morgan fingerprint density at radius 3 is 2.45 bits per heavy atom. The molecular formula is C9H18O2. The molecular weight excluding hydrogens is 140 g/mol. The molecule has 11 heavy (non-hydrogen) atoms. The molecule has 0 aliphatic heterocycles. The van der Waals surface area contributed by atoms with Crippen molar-refractivity contribution < 1.29 is 10.2 Å². The van der Waals surface area contributed by atoms with Crippen molar-refractivity contribution in [3.8, 4) is 0 Å². The summed E-state index contributed by atoms with van der Waals surface area (Å²) in [6.45, 7) is 5.51. The summed E-state index contributed by atoms with van der Waals surface area (Å²) < 4.78 is 0. The summed E-state index contributed by atoms with van der Waals surface area (Å²) in [5.74, 6) is 0. The zero-order valence-electron chi connectivity index (χ0n) is 7.16. The van der Waals surface area contributed by atoms with Gasteiger partial charge in [-0.3, -0.25) is 0 Å². The Kier molecular flexibility index (Phi) is 6.18. The lowest BCUT2D eigenvalue weighted by atomic mass is 10.1. The van der Waals surface area contributed by atoms with E-state index in [-0.39, 0.29) is 0 Å². The highest BCUT2D eigenvalue weighted by atomic mass is 16.3. The van der Waals surface area contributed by atoms with Crippen molar-refractivity contribution in [1.29, 1.82) is 0 Å². The predicted octanol–water partition coefficient (Wildman–Crippen LogP) is 1.47. The third-order valence-electron chi connectivity index (χ3n) is 1.74. The molecule has 0 heterocycles. The Morgan fingerprint density at radius 2 is 2.00 bits per heavy atom. The standard InChI is InChI=1S/C9H18O2/c1-3-5-6-7-9(11)8(10)4-2/h4,8-11H,2-3,5-7H2,1H3/t8-,9+/m1/s1. The molecule has 0 bridgehead atoms. The maximum Gasteiger partial charge on any atom is 0.0977 e. The number of rotatable bonds is 6. The summed E-state index contributed by atoms with van der Waals surface area (Å²) in [6.07, 6.45) is 3.88. The van der Waals surface area contributed by atoms with E-state index in [1.165, 1.54) is 6.08 Å². The largest absolute Gasteiger partial charge is 0.390 e. The van der Waals surface area contributed by atoms with E-state index in [0.717, 1.165) is 19.3 Å². The maximum atomic E-state index is 9.22. The Hall–Kier alpha value is -0.340. The average molecular weight is 158 g/mol. The molecule has 0 rings (SSSR count). The first-order valence-corrected chi connectivity index (χ1v) is 4.21. The van der Waals surface area contributed by atoms with E-state index in [9.17, 15) is 5.11 Å². The van der Waals surface area contributed by atoms with Gasteiger partial charge in [-0.2, -0.15) is 0 Å². The lowest BCUT2D eigenvalue weighted by molar-refractivity contribution is 0.0417. The van der Waals surface area contributed by atoms with Gasteiger partial charge >= 0.3 is 0 Å². The molecule has 0 amide bonds. The van der Waals surface area contributed by atoms with Crippen LogP contribution in [-0.4, -0.2) is 22.4 Å². The molecule has 0 spiro atoms. The van der Waals surface area contributed by atoms with E-state index < -0.39 is 12.2 Å². The molecule has 0 aliphatic rings. The fourth-order valence-electron chi connectivity index (χ4n) is 0.931. The van der Waals surface area contributed by atoms with Crippen molar-refractivity contribution >= 4 is 0 Å². The number of aliphatic hydroxyl groups excluding tert-OH is 2. The second kappa shape index (κ2) is 6.38. The predicted molar refractivity (Wildman–Crippen MR) is 46.4 cm³/mol. The van der Waals surface area contributed by atoms with E-state index in [1.807, 2.05) is 0 Å². The summed E-state index contributed by atoms with van der Waals surface area (Å²) in [5, 5.41) is 18.3. The minimum Gasteiger partial charge on any atom is -0.390 e. The van der Waals surface area contributed by atoms with Gasteiger partial charge in [0.15, 0.2) is 0 Å². The molecule has 2 nitrogen and oxygen atoms in total. The molecule has 66 valence electrons. The number of unbranched alkanes of at least 4 members (excludes halogenated alkanes) is 2. The van der Waals surface area contributed by atoms with Gasteiger partial charge < -0.3 is 10.2 Å². The lowest BCUT2D eigenvalue weighted by Crippen LogP contribution is -2.23. The summed E-state index contributed by atoms with van der Waals surface area (Å²) in [4.78, 5) is 0. The molecule has 0 radical (unpaired) electrons. The van der Waals surface area contributed by atoms with Gasteiger partial charge in [-0.15, -0.1) is 6.58 Å². The zero-order valence-corrected chi connectivity index (χ0v) is 7.16. The highest BCUT2D eigenvalue weighted by Crippen LogP contribution is 2.06. The van der Waals surface area contributed by atoms with E-state index in [4.69, 9.17) is 5.11 Å². The number of aliphatic hydroxyl groups is 2. The van der Waals surface area contributed by atoms with Crippen LogP contribution >= 0.6 is 0 Å². The van der Waals surface area contributed by atoms with Crippen LogP contribution < -0.4 is 0 Å². The Labute approximate surface area is 68.6 Å². The van der Waals surface area contributed by atoms with Crippen molar-refractivity contribution in [2.45, 2.75) is 44.8 Å². The summed E-state index contributed by atoms with van der Waals surface area (Å²) >= 11 is 0. The molecule has 2 atom stereocenters. The van der Waals surface area contributed by atoms with Gasteiger partial charge in [0.25, 0.3) is 0 Å². The van der Waals surface area contributed by atoms with E-state index in [0.29, 0.717) is 6.42 Å². The van der Waals surface area contributed by atoms with Gasteiger partial charge in [-0.05, 0) is 6.42 Å². The van der Waals surface area contributed by atoms with Gasteiger partial charge in [0.1, 0.15) is 0 Å². The fraction of sp³-hybridized carbons (Fsp3) is 0.778. The van der Waals surface area contributed by atoms with Crippen molar-refractivity contribution in [2.75, 3.05) is 0 Å². The molecule has 0 unspecified atom stereocenters. The van der Waals surface area contributed by atoms with Gasteiger partial charge in [-0.25, -0.2) is 0 Å². The van der Waals surface area contributed by atoms with E-state index >= 15 is 0 Å². The SMILES string of the molecule is C=C[C@@H](O)[C@@H](O)CCCCC. The second-order valence-electron chi connectivity index (χ2n) is 2.79. The van der Waals surface area contributed by atoms with Crippen LogP contribution in [-0.2, 0) is 0 Å². The summed E-state index contributed by atoms with van der Waals surface area (Å²) in [5.41, 5.74) is 0. The van der Waals surface area contributed by atoms with Crippen LogP contribution in [0.15, 0.2) is 12.7 Å². The van der Waals surface area contributed by atoms with E-state index in [2.05, 4.69) is 13.5 Å². The average Bonchev–Trinajstić information content (AvgIpc) is 2.03. The highest BCUT2D eigenvalue weighted by Gasteiger charge is 2.10. The first-order chi connectivity index (χ1) is 5.22. The molecule has 2 heteroatoms. The fourth-order valence-corrected chi connectivity index (χ4v) is 0.931. The Balaban J connectivity index is 3.35. The van der Waals surface area contributed by atoms with Crippen LogP contribution in [0.4, 0.5) is 0 Å². The van der Waals surface area contributed by atoms with Crippen LogP contribution in [0.1, 0.15) is 32.6 Å². The van der Waals surface area contributed by atoms with Crippen LogP contribution in [0.5, 0.6) is 0 Å². The van der Waals surface area contributed by atoms with Crippen molar-refractivity contribution in [3.05, 3.63) is 12.7 Å². The van der Waals surface area contributed by atoms with Crippen molar-refractivity contribution in [3.63, 3.8) is 0 Å². The van der Waals surface area contributed by atoms with Crippen LogP contribution in [0.3, 0.4) is 0 Å². The van der Waals surface area contributed by atoms with Crippen LogP contribution in [0.25, 0.3) is 0 Å². The third-order valence-corrected chi connectivity index (χ3v) is 1.74. The zero-order chi connectivity index (χ0) is 8.69. The first kappa shape index (κ1) is 10.7. The topological polar surface area (TPSA) is 40.5 Å². The second-order valence-corrected chi connectivity index (χ2v) is 2.79. The molecule has 0 saturated carbocycles. The van der Waals surface area contributed by atoms with Crippen LogP contribution in [0, 0.1) is 0 Å². The Bertz CT molecular complexity index is 102. The molecule has 2 N–H and O–H groups in total. The molecule has 0 aromatic heterocycles. The summed E-state index contributed by atoms with van der Waals surface area (Å²) in [7, 11) is 0. The van der Waals surface area contributed by atoms with Crippen LogP contribution in [0.2, 0.25) is 0 Å². The number of hydrogen-bond acceptors (Lipinski definition) is 2. The van der Waals surface area contributed by atoms with Gasteiger partial charge in [0, 0.05) is 0 Å².